The molecule has 0 unspecified atom stereocenters. The molecule has 0 radical (unpaired) electrons. The number of hydrogen-bond acceptors (Lipinski definition) is 4. The average Bonchev–Trinajstić information content (AvgIpc) is 2.81. The van der Waals surface area contributed by atoms with Gasteiger partial charge in [0.15, 0.2) is 17.3 Å². The van der Waals surface area contributed by atoms with E-state index in [1.165, 1.54) is 0 Å². The third-order valence-corrected chi connectivity index (χ3v) is 2.30. The van der Waals surface area contributed by atoms with E-state index in [0.29, 0.717) is 12.1 Å². The first-order valence-corrected chi connectivity index (χ1v) is 5.15. The summed E-state index contributed by atoms with van der Waals surface area (Å²) in [7, 11) is 0. The number of primary amides is 1. The van der Waals surface area contributed by atoms with Gasteiger partial charge < -0.3 is 10.5 Å². The van der Waals surface area contributed by atoms with Crippen LogP contribution in [0, 0.1) is 11.6 Å². The third-order valence-electron chi connectivity index (χ3n) is 2.30. The fourth-order valence-corrected chi connectivity index (χ4v) is 1.54. The molecule has 3 N–H and O–H groups in total. The summed E-state index contributed by atoms with van der Waals surface area (Å²) in [6, 6.07) is 0.977. The van der Waals surface area contributed by atoms with Gasteiger partial charge in [0.05, 0.1) is 5.56 Å². The normalized spacial score (nSPS) is 11.5. The van der Waals surface area contributed by atoms with E-state index in [9.17, 15) is 26.7 Å². The van der Waals surface area contributed by atoms with Gasteiger partial charge in [-0.2, -0.15) is 15.4 Å². The van der Waals surface area contributed by atoms with E-state index in [1.807, 2.05) is 5.21 Å². The quantitative estimate of drug-likeness (QED) is 0.845. The number of H-pyrrole nitrogens is 1. The minimum Gasteiger partial charge on any atom is -0.405 e. The van der Waals surface area contributed by atoms with Crippen LogP contribution in [0.25, 0.3) is 11.3 Å². The van der Waals surface area contributed by atoms with Gasteiger partial charge >= 0.3 is 6.36 Å². The Morgan fingerprint density at radius 2 is 1.90 bits per heavy atom. The van der Waals surface area contributed by atoms with E-state index in [-0.39, 0.29) is 0 Å². The number of carbonyl (C=O) groups is 1. The Kier molecular flexibility index (Phi) is 3.49. The van der Waals surface area contributed by atoms with Gasteiger partial charge in [-0.1, -0.05) is 0 Å². The highest BCUT2D eigenvalue weighted by Gasteiger charge is 2.34. The number of nitrogens with one attached hydrogen (secondary N) is 1. The molecular weight excluding hydrogens is 303 g/mol. The Labute approximate surface area is 112 Å². The summed E-state index contributed by atoms with van der Waals surface area (Å²) in [5.41, 5.74) is 2.55. The predicted molar refractivity (Wildman–Crippen MR) is 56.9 cm³/mol. The molecule has 0 spiro atoms. The molecule has 1 aromatic carbocycles. The number of ether oxygens (including phenoxy) is 1. The first-order chi connectivity index (χ1) is 9.70. The molecule has 11 heteroatoms. The molecule has 0 saturated heterocycles. The van der Waals surface area contributed by atoms with Gasteiger partial charge in [0.25, 0.3) is 5.91 Å². The summed E-state index contributed by atoms with van der Waals surface area (Å²) in [5.74, 6) is -5.43. The van der Waals surface area contributed by atoms with Gasteiger partial charge in [0.1, 0.15) is 11.4 Å². The zero-order valence-corrected chi connectivity index (χ0v) is 9.83. The largest absolute Gasteiger partial charge is 0.573 e. The van der Waals surface area contributed by atoms with E-state index in [0.717, 1.165) is 0 Å². The number of aromatic nitrogens is 3. The number of alkyl halides is 3. The van der Waals surface area contributed by atoms with Crippen molar-refractivity contribution in [3.05, 3.63) is 29.5 Å². The molecule has 0 aliphatic carbocycles. The average molecular weight is 308 g/mol. The van der Waals surface area contributed by atoms with Crippen LogP contribution in [0.15, 0.2) is 12.1 Å². The van der Waals surface area contributed by atoms with Crippen LogP contribution in [0.1, 0.15) is 10.5 Å². The van der Waals surface area contributed by atoms with Crippen LogP contribution in [0.4, 0.5) is 22.0 Å². The summed E-state index contributed by atoms with van der Waals surface area (Å²) in [5, 5.41) is 8.46. The number of halogens is 5. The second-order valence-electron chi connectivity index (χ2n) is 3.67. The monoisotopic (exact) mass is 308 g/mol. The van der Waals surface area contributed by atoms with Crippen molar-refractivity contribution in [1.82, 2.24) is 15.4 Å². The first-order valence-electron chi connectivity index (χ1n) is 5.15. The maximum Gasteiger partial charge on any atom is 0.573 e. The van der Waals surface area contributed by atoms with E-state index < -0.39 is 46.6 Å². The molecule has 0 atom stereocenters. The summed E-state index contributed by atoms with van der Waals surface area (Å²) in [6.45, 7) is 0. The smallest absolute Gasteiger partial charge is 0.405 e. The van der Waals surface area contributed by atoms with Crippen LogP contribution in [0.2, 0.25) is 0 Å². The summed E-state index contributed by atoms with van der Waals surface area (Å²) in [4.78, 5) is 11.1. The predicted octanol–water partition coefficient (Wildman–Crippen LogP) is 1.75. The lowest BCUT2D eigenvalue weighted by Crippen LogP contribution is -2.19. The minimum atomic E-state index is -5.16. The maximum atomic E-state index is 13.8. The van der Waals surface area contributed by atoms with Crippen molar-refractivity contribution >= 4 is 5.91 Å². The first kappa shape index (κ1) is 14.7. The molecule has 0 saturated carbocycles. The highest BCUT2D eigenvalue weighted by molar-refractivity contribution is 5.97. The number of amides is 1. The summed E-state index contributed by atoms with van der Waals surface area (Å²) >= 11 is 0. The molecule has 0 aliphatic heterocycles. The molecule has 1 amide bonds. The lowest BCUT2D eigenvalue weighted by molar-refractivity contribution is -0.274. The summed E-state index contributed by atoms with van der Waals surface area (Å²) in [6.07, 6.45) is -5.16. The highest BCUT2D eigenvalue weighted by atomic mass is 19.4. The van der Waals surface area contributed by atoms with Crippen molar-refractivity contribution in [3.8, 4) is 17.0 Å². The molecule has 112 valence electrons. The van der Waals surface area contributed by atoms with Crippen molar-refractivity contribution in [2.75, 3.05) is 0 Å². The lowest BCUT2D eigenvalue weighted by Gasteiger charge is -2.13. The zero-order valence-electron chi connectivity index (χ0n) is 9.83. The highest BCUT2D eigenvalue weighted by Crippen LogP contribution is 2.36. The molecule has 0 bridgehead atoms. The number of rotatable bonds is 3. The van der Waals surface area contributed by atoms with Crippen LogP contribution in [-0.4, -0.2) is 27.7 Å². The Hall–Kier alpha value is -2.72. The van der Waals surface area contributed by atoms with Gasteiger partial charge in [0, 0.05) is 0 Å². The van der Waals surface area contributed by atoms with E-state index in [2.05, 4.69) is 14.9 Å². The zero-order chi connectivity index (χ0) is 15.8. The Morgan fingerprint density at radius 3 is 2.48 bits per heavy atom. The van der Waals surface area contributed by atoms with Crippen molar-refractivity contribution in [1.29, 1.82) is 0 Å². The number of nitrogens with two attached hydrogens (primary N) is 1. The van der Waals surface area contributed by atoms with Crippen molar-refractivity contribution in [3.63, 3.8) is 0 Å². The Balaban J connectivity index is 2.68. The van der Waals surface area contributed by atoms with Crippen molar-refractivity contribution in [2.24, 2.45) is 5.73 Å². The molecule has 6 nitrogen and oxygen atoms in total. The van der Waals surface area contributed by atoms with Crippen LogP contribution in [0.3, 0.4) is 0 Å². The number of carbonyl (C=O) groups excluding carboxylic acids is 1. The van der Waals surface area contributed by atoms with Gasteiger partial charge in [-0.25, -0.2) is 8.78 Å². The minimum absolute atomic E-state index is 0.434. The molecular formula is C10H5F5N4O2. The Morgan fingerprint density at radius 1 is 1.24 bits per heavy atom. The molecule has 0 fully saturated rings. The van der Waals surface area contributed by atoms with Gasteiger partial charge in [-0.15, -0.1) is 13.2 Å². The molecule has 21 heavy (non-hydrogen) atoms. The molecule has 2 rings (SSSR count). The second-order valence-corrected chi connectivity index (χ2v) is 3.67. The fourth-order valence-electron chi connectivity index (χ4n) is 1.54. The van der Waals surface area contributed by atoms with Crippen LogP contribution >= 0.6 is 0 Å². The number of aromatic amines is 1. The number of nitrogens with zero attached hydrogens (tertiary/aromatic N) is 2. The van der Waals surface area contributed by atoms with Crippen LogP contribution < -0.4 is 10.5 Å². The van der Waals surface area contributed by atoms with Crippen molar-refractivity contribution < 1.29 is 31.5 Å². The van der Waals surface area contributed by atoms with E-state index >= 15 is 0 Å². The van der Waals surface area contributed by atoms with Crippen LogP contribution in [0.5, 0.6) is 5.75 Å². The summed E-state index contributed by atoms with van der Waals surface area (Å²) < 4.78 is 67.4. The molecule has 1 aromatic heterocycles. The van der Waals surface area contributed by atoms with E-state index in [1.54, 1.807) is 0 Å². The Bertz CT molecular complexity index is 697. The number of hydrogen-bond donors (Lipinski definition) is 2. The van der Waals surface area contributed by atoms with Gasteiger partial charge in [0.2, 0.25) is 0 Å². The standard InChI is InChI=1S/C10H5F5N4O2/c11-3-1-2-4(21-10(13,14)15)5(6(3)12)7-8(9(16)20)18-19-17-7/h1-2H,(H2,16,20)(H,17,18,19). The third kappa shape index (κ3) is 2.90. The molecule has 2 aromatic rings. The SMILES string of the molecule is NC(=O)c1n[nH]nc1-c1c(OC(F)(F)F)ccc(F)c1F. The fraction of sp³-hybridized carbons (Fsp3) is 0.100. The molecule has 1 heterocycles. The van der Waals surface area contributed by atoms with Crippen molar-refractivity contribution in [2.45, 2.75) is 6.36 Å². The van der Waals surface area contributed by atoms with Gasteiger partial charge in [-0.05, 0) is 12.1 Å². The van der Waals surface area contributed by atoms with Gasteiger partial charge in [-0.3, -0.25) is 4.79 Å². The maximum absolute atomic E-state index is 13.8. The van der Waals surface area contributed by atoms with Crippen LogP contribution in [-0.2, 0) is 0 Å². The lowest BCUT2D eigenvalue weighted by atomic mass is 10.1. The molecule has 0 aliphatic rings. The second kappa shape index (κ2) is 5.00. The van der Waals surface area contributed by atoms with E-state index in [4.69, 9.17) is 5.73 Å². The topological polar surface area (TPSA) is 93.9 Å². The number of benzene rings is 1.